The summed E-state index contributed by atoms with van der Waals surface area (Å²) in [5.41, 5.74) is 1.25. The fourth-order valence-electron chi connectivity index (χ4n) is 2.71. The zero-order valence-electron chi connectivity index (χ0n) is 16.3. The maximum absolute atomic E-state index is 4.69. The van der Waals surface area contributed by atoms with Crippen LogP contribution in [-0.2, 0) is 19.5 Å². The molecule has 0 atom stereocenters. The minimum absolute atomic E-state index is 0. The Hall–Kier alpha value is -1.94. The van der Waals surface area contributed by atoms with E-state index in [2.05, 4.69) is 68.3 Å². The lowest BCUT2D eigenvalue weighted by atomic mass is 10.2. The fourth-order valence-corrected chi connectivity index (χ4v) is 3.50. The van der Waals surface area contributed by atoms with Crippen molar-refractivity contribution in [3.8, 4) is 0 Å². The number of aliphatic imine (C=N–C) groups is 1. The van der Waals surface area contributed by atoms with Gasteiger partial charge in [0.1, 0.15) is 12.4 Å². The molecule has 0 fully saturated rings. The van der Waals surface area contributed by atoms with Crippen LogP contribution in [0.1, 0.15) is 28.2 Å². The third-order valence-electron chi connectivity index (χ3n) is 4.02. The highest BCUT2D eigenvalue weighted by molar-refractivity contribution is 14.0. The predicted molar refractivity (Wildman–Crippen MR) is 127 cm³/mol. The van der Waals surface area contributed by atoms with E-state index >= 15 is 0 Å². The molecule has 0 aliphatic heterocycles. The van der Waals surface area contributed by atoms with Crippen molar-refractivity contribution in [2.45, 2.75) is 33.4 Å². The van der Waals surface area contributed by atoms with Gasteiger partial charge < -0.3 is 15.2 Å². The zero-order valence-corrected chi connectivity index (χ0v) is 19.4. The first-order valence-electron chi connectivity index (χ1n) is 9.22. The number of hydrogen-bond donors (Lipinski definition) is 2. The van der Waals surface area contributed by atoms with Crippen LogP contribution in [0.15, 0.2) is 53.9 Å². The van der Waals surface area contributed by atoms with Gasteiger partial charge in [-0.05, 0) is 19.4 Å². The highest BCUT2D eigenvalue weighted by atomic mass is 127. The monoisotopic (exact) mass is 510 g/mol. The van der Waals surface area contributed by atoms with Crippen molar-refractivity contribution < 1.29 is 0 Å². The molecular weight excluding hydrogens is 483 g/mol. The van der Waals surface area contributed by atoms with Gasteiger partial charge in [-0.3, -0.25) is 0 Å². The predicted octanol–water partition coefficient (Wildman–Crippen LogP) is 3.61. The van der Waals surface area contributed by atoms with Gasteiger partial charge in [-0.2, -0.15) is 0 Å². The summed E-state index contributed by atoms with van der Waals surface area (Å²) in [4.78, 5) is 14.8. The lowest BCUT2D eigenvalue weighted by molar-refractivity contribution is 0.716. The van der Waals surface area contributed by atoms with Crippen LogP contribution in [0.2, 0.25) is 0 Å². The number of nitrogens with one attached hydrogen (secondary N) is 2. The summed E-state index contributed by atoms with van der Waals surface area (Å²) in [5.74, 6) is 1.76. The molecule has 0 spiro atoms. The number of halogens is 1. The standard InChI is InChI=1S/C20H26N6S.HI/c1-3-21-20(23-10-9-19-24-13-16(2)27-19)25-14-18-22-11-12-26(18)15-17-7-5-4-6-8-17;/h4-8,11-13H,3,9-10,14-15H2,1-2H3,(H2,21,23,25);1H. The third kappa shape index (κ3) is 6.90. The highest BCUT2D eigenvalue weighted by Gasteiger charge is 2.05. The summed E-state index contributed by atoms with van der Waals surface area (Å²) in [6.07, 6.45) is 6.65. The topological polar surface area (TPSA) is 67.1 Å². The van der Waals surface area contributed by atoms with Crippen molar-refractivity contribution in [1.82, 2.24) is 25.2 Å². The van der Waals surface area contributed by atoms with Gasteiger partial charge in [0.05, 0.1) is 5.01 Å². The van der Waals surface area contributed by atoms with E-state index < -0.39 is 0 Å². The second kappa shape index (κ2) is 11.8. The summed E-state index contributed by atoms with van der Waals surface area (Å²) < 4.78 is 2.14. The molecule has 3 aromatic rings. The Bertz CT molecular complexity index is 858. The number of guanidine groups is 1. The maximum Gasteiger partial charge on any atom is 0.191 e. The van der Waals surface area contributed by atoms with Crippen LogP contribution in [0, 0.1) is 6.92 Å². The molecule has 0 aliphatic rings. The van der Waals surface area contributed by atoms with Crippen molar-refractivity contribution in [2.24, 2.45) is 4.99 Å². The molecule has 6 nitrogen and oxygen atoms in total. The number of thiazole rings is 1. The lowest BCUT2D eigenvalue weighted by Crippen LogP contribution is -2.38. The van der Waals surface area contributed by atoms with E-state index in [9.17, 15) is 0 Å². The van der Waals surface area contributed by atoms with Gasteiger partial charge in [-0.15, -0.1) is 35.3 Å². The van der Waals surface area contributed by atoms with Crippen LogP contribution in [0.4, 0.5) is 0 Å². The average molecular weight is 510 g/mol. The van der Waals surface area contributed by atoms with Gasteiger partial charge in [-0.1, -0.05) is 30.3 Å². The molecule has 2 heterocycles. The SMILES string of the molecule is CCNC(=NCc1nccn1Cc1ccccc1)NCCc1ncc(C)s1.I. The Morgan fingerprint density at radius 1 is 1.18 bits per heavy atom. The molecule has 0 amide bonds. The molecule has 150 valence electrons. The summed E-state index contributed by atoms with van der Waals surface area (Å²) in [6.45, 7) is 7.11. The van der Waals surface area contributed by atoms with E-state index in [1.54, 1.807) is 11.3 Å². The molecule has 2 N–H and O–H groups in total. The van der Waals surface area contributed by atoms with Gasteiger partial charge >= 0.3 is 0 Å². The maximum atomic E-state index is 4.69. The number of aromatic nitrogens is 3. The number of aryl methyl sites for hydroxylation is 1. The van der Waals surface area contributed by atoms with E-state index in [4.69, 9.17) is 0 Å². The summed E-state index contributed by atoms with van der Waals surface area (Å²) in [6, 6.07) is 10.4. The third-order valence-corrected chi connectivity index (χ3v) is 4.99. The van der Waals surface area contributed by atoms with Crippen LogP contribution in [-0.4, -0.2) is 33.6 Å². The van der Waals surface area contributed by atoms with E-state index in [1.807, 2.05) is 24.7 Å². The van der Waals surface area contributed by atoms with Crippen molar-refractivity contribution in [3.63, 3.8) is 0 Å². The molecule has 0 unspecified atom stereocenters. The Morgan fingerprint density at radius 2 is 2.00 bits per heavy atom. The minimum Gasteiger partial charge on any atom is -0.357 e. The van der Waals surface area contributed by atoms with Crippen molar-refractivity contribution >= 4 is 41.3 Å². The molecule has 2 aromatic heterocycles. The zero-order chi connectivity index (χ0) is 18.9. The normalized spacial score (nSPS) is 11.1. The summed E-state index contributed by atoms with van der Waals surface area (Å²) in [5, 5.41) is 7.82. The van der Waals surface area contributed by atoms with Gasteiger partial charge in [0.15, 0.2) is 5.96 Å². The second-order valence-corrected chi connectivity index (χ2v) is 7.51. The quantitative estimate of drug-likeness (QED) is 0.276. The van der Waals surface area contributed by atoms with Crippen LogP contribution < -0.4 is 10.6 Å². The smallest absolute Gasteiger partial charge is 0.191 e. The number of benzene rings is 1. The summed E-state index contributed by atoms with van der Waals surface area (Å²) in [7, 11) is 0. The minimum atomic E-state index is 0. The Balaban J connectivity index is 0.00000280. The molecule has 0 saturated carbocycles. The van der Waals surface area contributed by atoms with Gasteiger partial charge in [0.25, 0.3) is 0 Å². The molecule has 1 aromatic carbocycles. The second-order valence-electron chi connectivity index (χ2n) is 6.19. The Labute approximate surface area is 187 Å². The lowest BCUT2D eigenvalue weighted by Gasteiger charge is -2.11. The van der Waals surface area contributed by atoms with Crippen molar-refractivity contribution in [1.29, 1.82) is 0 Å². The van der Waals surface area contributed by atoms with Gasteiger partial charge in [0.2, 0.25) is 0 Å². The molecule has 0 aliphatic carbocycles. The summed E-state index contributed by atoms with van der Waals surface area (Å²) >= 11 is 1.74. The molecular formula is C20H27IN6S. The molecule has 3 rings (SSSR count). The molecule has 28 heavy (non-hydrogen) atoms. The van der Waals surface area contributed by atoms with Gasteiger partial charge in [0, 0.05) is 49.5 Å². The Kier molecular flexibility index (Phi) is 9.42. The van der Waals surface area contributed by atoms with Crippen molar-refractivity contribution in [3.05, 3.63) is 70.2 Å². The number of hydrogen-bond acceptors (Lipinski definition) is 4. The molecule has 0 saturated heterocycles. The molecule has 0 radical (unpaired) electrons. The number of rotatable bonds is 8. The van der Waals surface area contributed by atoms with E-state index in [1.165, 1.54) is 10.4 Å². The largest absolute Gasteiger partial charge is 0.357 e. The van der Waals surface area contributed by atoms with Crippen molar-refractivity contribution in [2.75, 3.05) is 13.1 Å². The van der Waals surface area contributed by atoms with Crippen LogP contribution in [0.3, 0.4) is 0 Å². The van der Waals surface area contributed by atoms with E-state index in [0.29, 0.717) is 6.54 Å². The van der Waals surface area contributed by atoms with E-state index in [0.717, 1.165) is 42.8 Å². The molecule has 0 bridgehead atoms. The van der Waals surface area contributed by atoms with Gasteiger partial charge in [-0.25, -0.2) is 15.0 Å². The number of imidazole rings is 1. The van der Waals surface area contributed by atoms with Crippen LogP contribution >= 0.6 is 35.3 Å². The fraction of sp³-hybridized carbons (Fsp3) is 0.350. The number of nitrogens with zero attached hydrogens (tertiary/aromatic N) is 4. The molecule has 8 heteroatoms. The van der Waals surface area contributed by atoms with Crippen LogP contribution in [0.5, 0.6) is 0 Å². The van der Waals surface area contributed by atoms with Crippen LogP contribution in [0.25, 0.3) is 0 Å². The highest BCUT2D eigenvalue weighted by Crippen LogP contribution is 2.11. The first-order valence-corrected chi connectivity index (χ1v) is 10.0. The van der Waals surface area contributed by atoms with E-state index in [-0.39, 0.29) is 24.0 Å². The Morgan fingerprint density at radius 3 is 2.71 bits per heavy atom. The first-order chi connectivity index (χ1) is 13.2. The average Bonchev–Trinajstić information content (AvgIpc) is 3.29. The first kappa shape index (κ1) is 22.4.